The highest BCUT2D eigenvalue weighted by atomic mass is 32.2. The largest absolute Gasteiger partial charge is 0.399 e. The van der Waals surface area contributed by atoms with Gasteiger partial charge in [0.05, 0.1) is 11.0 Å². The maximum absolute atomic E-state index is 11.5. The van der Waals surface area contributed by atoms with Crippen molar-refractivity contribution >= 4 is 34.4 Å². The second-order valence-electron chi connectivity index (χ2n) is 4.76. The van der Waals surface area contributed by atoms with Crippen LogP contribution >= 0.6 is 11.8 Å². The van der Waals surface area contributed by atoms with Gasteiger partial charge in [0, 0.05) is 23.9 Å². The number of carbonyl (C=O) groups is 1. The molecule has 1 heterocycles. The Balaban J connectivity index is 1.54. The van der Waals surface area contributed by atoms with Gasteiger partial charge in [0.2, 0.25) is 5.91 Å². The minimum absolute atomic E-state index is 0.135. The Bertz CT molecular complexity index is 606. The number of aromatic amines is 1. The van der Waals surface area contributed by atoms with E-state index in [4.69, 9.17) is 5.73 Å². The van der Waals surface area contributed by atoms with E-state index in [1.807, 2.05) is 18.2 Å². The zero-order valence-corrected chi connectivity index (χ0v) is 11.3. The highest BCUT2D eigenvalue weighted by Gasteiger charge is 2.22. The summed E-state index contributed by atoms with van der Waals surface area (Å²) in [5.41, 5.74) is 8.27. The van der Waals surface area contributed by atoms with Gasteiger partial charge in [-0.15, -0.1) is 0 Å². The predicted molar refractivity (Wildman–Crippen MR) is 77.0 cm³/mol. The molecule has 1 saturated carbocycles. The number of nitrogens with one attached hydrogen (secondary N) is 2. The Labute approximate surface area is 115 Å². The monoisotopic (exact) mass is 276 g/mol. The average Bonchev–Trinajstić information content (AvgIpc) is 3.07. The minimum atomic E-state index is 0.135. The summed E-state index contributed by atoms with van der Waals surface area (Å²) in [5, 5.41) is 3.81. The van der Waals surface area contributed by atoms with Crippen molar-refractivity contribution in [2.45, 2.75) is 30.5 Å². The molecule has 1 aliphatic carbocycles. The van der Waals surface area contributed by atoms with Gasteiger partial charge in [0.1, 0.15) is 0 Å². The maximum Gasteiger partial charge on any atom is 0.221 e. The molecular weight excluding hydrogens is 260 g/mol. The molecule has 2 aromatic rings. The molecule has 0 atom stereocenters. The number of nitrogen functional groups attached to an aromatic ring is 1. The van der Waals surface area contributed by atoms with Gasteiger partial charge in [-0.2, -0.15) is 0 Å². The van der Waals surface area contributed by atoms with Crippen LogP contribution in [0.15, 0.2) is 23.4 Å². The van der Waals surface area contributed by atoms with Crippen LogP contribution in [0.5, 0.6) is 0 Å². The fourth-order valence-corrected chi connectivity index (χ4v) is 2.67. The molecule has 0 saturated heterocycles. The van der Waals surface area contributed by atoms with Crippen molar-refractivity contribution in [3.8, 4) is 0 Å². The maximum atomic E-state index is 11.5. The lowest BCUT2D eigenvalue weighted by molar-refractivity contribution is -0.120. The molecule has 0 bridgehead atoms. The van der Waals surface area contributed by atoms with Crippen molar-refractivity contribution in [2.75, 3.05) is 11.5 Å². The topological polar surface area (TPSA) is 83.8 Å². The highest BCUT2D eigenvalue weighted by Crippen LogP contribution is 2.22. The van der Waals surface area contributed by atoms with E-state index in [0.29, 0.717) is 12.5 Å². The molecular formula is C13H16N4OS. The number of rotatable bonds is 5. The second kappa shape index (κ2) is 5.13. The van der Waals surface area contributed by atoms with Gasteiger partial charge in [0.25, 0.3) is 0 Å². The van der Waals surface area contributed by atoms with Crippen molar-refractivity contribution < 1.29 is 4.79 Å². The molecule has 1 aromatic heterocycles. The van der Waals surface area contributed by atoms with E-state index in [9.17, 15) is 4.79 Å². The Morgan fingerprint density at radius 1 is 1.53 bits per heavy atom. The molecule has 0 radical (unpaired) electrons. The Kier molecular flexibility index (Phi) is 3.33. The first-order valence-electron chi connectivity index (χ1n) is 6.38. The van der Waals surface area contributed by atoms with Crippen LogP contribution in [0.4, 0.5) is 5.69 Å². The van der Waals surface area contributed by atoms with Crippen molar-refractivity contribution in [3.63, 3.8) is 0 Å². The van der Waals surface area contributed by atoms with E-state index in [1.54, 1.807) is 11.8 Å². The summed E-state index contributed by atoms with van der Waals surface area (Å²) in [4.78, 5) is 19.2. The van der Waals surface area contributed by atoms with E-state index in [1.165, 1.54) is 0 Å². The molecule has 1 aliphatic rings. The van der Waals surface area contributed by atoms with Crippen LogP contribution in [0.2, 0.25) is 0 Å². The molecule has 1 fully saturated rings. The second-order valence-corrected chi connectivity index (χ2v) is 5.84. The van der Waals surface area contributed by atoms with Crippen molar-refractivity contribution in [1.29, 1.82) is 0 Å². The Morgan fingerprint density at radius 3 is 3.16 bits per heavy atom. The number of imidazole rings is 1. The standard InChI is InChI=1S/C13H16N4OS/c14-8-1-4-10-11(7-8)17-13(16-10)19-6-5-12(18)15-9-2-3-9/h1,4,7,9H,2-3,5-6,14H2,(H,15,18)(H,16,17). The molecule has 19 heavy (non-hydrogen) atoms. The van der Waals surface area contributed by atoms with Gasteiger partial charge >= 0.3 is 0 Å². The number of thioether (sulfide) groups is 1. The minimum Gasteiger partial charge on any atom is -0.399 e. The molecule has 0 unspecified atom stereocenters. The number of amides is 1. The zero-order valence-electron chi connectivity index (χ0n) is 10.5. The first-order valence-corrected chi connectivity index (χ1v) is 7.37. The molecule has 100 valence electrons. The molecule has 4 N–H and O–H groups in total. The lowest BCUT2D eigenvalue weighted by atomic mass is 10.3. The molecule has 1 amide bonds. The summed E-state index contributed by atoms with van der Waals surface area (Å²) >= 11 is 1.56. The molecule has 0 aliphatic heterocycles. The lowest BCUT2D eigenvalue weighted by Crippen LogP contribution is -2.25. The fourth-order valence-electron chi connectivity index (χ4n) is 1.84. The Morgan fingerprint density at radius 2 is 2.37 bits per heavy atom. The van der Waals surface area contributed by atoms with Crippen molar-refractivity contribution in [1.82, 2.24) is 15.3 Å². The number of H-pyrrole nitrogens is 1. The summed E-state index contributed by atoms with van der Waals surface area (Å²) in [5.74, 6) is 0.865. The summed E-state index contributed by atoms with van der Waals surface area (Å²) in [6.45, 7) is 0. The summed E-state index contributed by atoms with van der Waals surface area (Å²) in [7, 11) is 0. The third-order valence-corrected chi connectivity index (χ3v) is 3.87. The number of benzene rings is 1. The number of carbonyl (C=O) groups excluding carboxylic acids is 1. The molecule has 3 rings (SSSR count). The van der Waals surface area contributed by atoms with Crippen LogP contribution in [-0.4, -0.2) is 27.7 Å². The number of anilines is 1. The van der Waals surface area contributed by atoms with Gasteiger partial charge in [0.15, 0.2) is 5.16 Å². The first kappa shape index (κ1) is 12.3. The van der Waals surface area contributed by atoms with Crippen molar-refractivity contribution in [3.05, 3.63) is 18.2 Å². The van der Waals surface area contributed by atoms with Gasteiger partial charge in [-0.05, 0) is 31.0 Å². The number of nitrogens with two attached hydrogens (primary N) is 1. The SMILES string of the molecule is Nc1ccc2nc(SCCC(=O)NC3CC3)[nH]c2c1. The molecule has 6 heteroatoms. The van der Waals surface area contributed by atoms with Crippen molar-refractivity contribution in [2.24, 2.45) is 0 Å². The fraction of sp³-hybridized carbons (Fsp3) is 0.385. The number of hydrogen-bond donors (Lipinski definition) is 3. The van der Waals surface area contributed by atoms with E-state index in [-0.39, 0.29) is 5.91 Å². The van der Waals surface area contributed by atoms with E-state index in [0.717, 1.165) is 40.5 Å². The van der Waals surface area contributed by atoms with Crippen LogP contribution in [0.1, 0.15) is 19.3 Å². The van der Waals surface area contributed by atoms with Crippen LogP contribution in [0.3, 0.4) is 0 Å². The van der Waals surface area contributed by atoms with E-state index >= 15 is 0 Å². The van der Waals surface area contributed by atoms with Gasteiger partial charge in [-0.3, -0.25) is 4.79 Å². The zero-order chi connectivity index (χ0) is 13.2. The average molecular weight is 276 g/mol. The van der Waals surface area contributed by atoms with Crippen LogP contribution in [0.25, 0.3) is 11.0 Å². The summed E-state index contributed by atoms with van der Waals surface area (Å²) in [6, 6.07) is 6.03. The van der Waals surface area contributed by atoms with Gasteiger partial charge in [-0.25, -0.2) is 4.98 Å². The molecule has 0 spiro atoms. The highest BCUT2D eigenvalue weighted by molar-refractivity contribution is 7.99. The lowest BCUT2D eigenvalue weighted by Gasteiger charge is -2.01. The summed E-state index contributed by atoms with van der Waals surface area (Å²) in [6.07, 6.45) is 2.79. The smallest absolute Gasteiger partial charge is 0.221 e. The Hall–Kier alpha value is -1.69. The normalized spacial score (nSPS) is 14.7. The number of fused-ring (bicyclic) bond motifs is 1. The third-order valence-electron chi connectivity index (χ3n) is 2.99. The number of aromatic nitrogens is 2. The summed E-state index contributed by atoms with van der Waals surface area (Å²) < 4.78 is 0. The van der Waals surface area contributed by atoms with Crippen LogP contribution in [0, 0.1) is 0 Å². The van der Waals surface area contributed by atoms with E-state index < -0.39 is 0 Å². The van der Waals surface area contributed by atoms with E-state index in [2.05, 4.69) is 15.3 Å². The van der Waals surface area contributed by atoms with Crippen LogP contribution in [-0.2, 0) is 4.79 Å². The van der Waals surface area contributed by atoms with Crippen LogP contribution < -0.4 is 11.1 Å². The number of hydrogen-bond acceptors (Lipinski definition) is 4. The van der Waals surface area contributed by atoms with Gasteiger partial charge in [-0.1, -0.05) is 11.8 Å². The predicted octanol–water partition coefficient (Wildman–Crippen LogP) is 1.91. The third kappa shape index (κ3) is 3.20. The molecule has 1 aromatic carbocycles. The molecule has 5 nitrogen and oxygen atoms in total. The number of nitrogens with zero attached hydrogens (tertiary/aromatic N) is 1. The first-order chi connectivity index (χ1) is 9.20. The quantitative estimate of drug-likeness (QED) is 0.575. The van der Waals surface area contributed by atoms with Gasteiger partial charge < -0.3 is 16.0 Å².